The molecule has 0 aromatic rings. The van der Waals surface area contributed by atoms with Crippen molar-refractivity contribution >= 4 is 0 Å². The quantitative estimate of drug-likeness (QED) is 0.587. The first-order valence-corrected chi connectivity index (χ1v) is 4.71. The normalized spacial score (nSPS) is 22.1. The lowest BCUT2D eigenvalue weighted by molar-refractivity contribution is 0.0824. The summed E-state index contributed by atoms with van der Waals surface area (Å²) in [6, 6.07) is 0.564. The first-order valence-electron chi connectivity index (χ1n) is 4.71. The number of ether oxygens (including phenoxy) is 1. The molecule has 1 heterocycles. The molecule has 0 aliphatic carbocycles. The monoisotopic (exact) mass is 161 g/mol. The molecule has 0 saturated carbocycles. The number of hydrogen-bond donors (Lipinski definition) is 1. The molecule has 1 aliphatic heterocycles. The van der Waals surface area contributed by atoms with Crippen LogP contribution in [-0.4, -0.2) is 25.8 Å². The van der Waals surface area contributed by atoms with E-state index in [4.69, 9.17) is 4.74 Å². The van der Waals surface area contributed by atoms with E-state index in [1.165, 1.54) is 0 Å². The standard InChI is InChI=1S/C5H11NO.2C2H6/c1-5-4-7-3-2-6-5;2*1-2/h5-6H,2-4H2,1H3;2*1-2H3/t5-;;/m0../s1. The van der Waals surface area contributed by atoms with Crippen LogP contribution < -0.4 is 5.32 Å². The van der Waals surface area contributed by atoms with E-state index >= 15 is 0 Å². The summed E-state index contributed by atoms with van der Waals surface area (Å²) in [6.07, 6.45) is 0. The molecule has 0 unspecified atom stereocenters. The minimum atomic E-state index is 0.564. The zero-order valence-electron chi connectivity index (χ0n) is 8.61. The molecule has 2 heteroatoms. The van der Waals surface area contributed by atoms with Crippen LogP contribution in [0, 0.1) is 0 Å². The Balaban J connectivity index is 0. The van der Waals surface area contributed by atoms with E-state index in [1.807, 2.05) is 27.7 Å². The van der Waals surface area contributed by atoms with Gasteiger partial charge in [0.15, 0.2) is 0 Å². The van der Waals surface area contributed by atoms with Crippen molar-refractivity contribution in [1.82, 2.24) is 5.32 Å². The fourth-order valence-electron chi connectivity index (χ4n) is 0.697. The van der Waals surface area contributed by atoms with Crippen molar-refractivity contribution in [2.75, 3.05) is 19.8 Å². The van der Waals surface area contributed by atoms with Gasteiger partial charge in [0.2, 0.25) is 0 Å². The van der Waals surface area contributed by atoms with Crippen LogP contribution in [0.3, 0.4) is 0 Å². The Morgan fingerprint density at radius 3 is 1.91 bits per heavy atom. The van der Waals surface area contributed by atoms with Crippen LogP contribution in [0.4, 0.5) is 0 Å². The number of hydrogen-bond acceptors (Lipinski definition) is 2. The summed E-state index contributed by atoms with van der Waals surface area (Å²) < 4.78 is 5.12. The van der Waals surface area contributed by atoms with Gasteiger partial charge in [-0.15, -0.1) is 0 Å². The van der Waals surface area contributed by atoms with Gasteiger partial charge in [-0.25, -0.2) is 0 Å². The second-order valence-electron chi connectivity index (χ2n) is 1.93. The highest BCUT2D eigenvalue weighted by atomic mass is 16.5. The predicted octanol–water partition coefficient (Wildman–Crippen LogP) is 2.05. The molecule has 0 aromatic carbocycles. The Hall–Kier alpha value is -0.0800. The second-order valence-corrected chi connectivity index (χ2v) is 1.93. The Labute approximate surface area is 71.3 Å². The largest absolute Gasteiger partial charge is 0.379 e. The van der Waals surface area contributed by atoms with Gasteiger partial charge in [-0.05, 0) is 6.92 Å². The molecular formula is C9H23NO. The Bertz CT molecular complexity index is 51.5. The molecule has 0 aromatic heterocycles. The lowest BCUT2D eigenvalue weighted by atomic mass is 10.3. The van der Waals surface area contributed by atoms with Crippen molar-refractivity contribution in [3.8, 4) is 0 Å². The van der Waals surface area contributed by atoms with Crippen LogP contribution in [0.15, 0.2) is 0 Å². The first-order chi connectivity index (χ1) is 5.39. The summed E-state index contributed by atoms with van der Waals surface area (Å²) in [7, 11) is 0. The van der Waals surface area contributed by atoms with Gasteiger partial charge in [-0.1, -0.05) is 27.7 Å². The van der Waals surface area contributed by atoms with Crippen molar-refractivity contribution < 1.29 is 4.74 Å². The summed E-state index contributed by atoms with van der Waals surface area (Å²) in [5.41, 5.74) is 0. The number of morpholine rings is 1. The predicted molar refractivity (Wildman–Crippen MR) is 51.0 cm³/mol. The van der Waals surface area contributed by atoms with Gasteiger partial charge >= 0.3 is 0 Å². The van der Waals surface area contributed by atoms with Gasteiger partial charge in [0, 0.05) is 12.6 Å². The van der Waals surface area contributed by atoms with Crippen LogP contribution in [-0.2, 0) is 4.74 Å². The Kier molecular flexibility index (Phi) is 15.4. The second kappa shape index (κ2) is 12.6. The van der Waals surface area contributed by atoms with Crippen LogP contribution in [0.1, 0.15) is 34.6 Å². The fourth-order valence-corrected chi connectivity index (χ4v) is 0.697. The lowest BCUT2D eigenvalue weighted by Crippen LogP contribution is -2.38. The molecule has 0 amide bonds. The first kappa shape index (κ1) is 13.5. The van der Waals surface area contributed by atoms with Gasteiger partial charge in [-0.2, -0.15) is 0 Å². The number of nitrogens with one attached hydrogen (secondary N) is 1. The van der Waals surface area contributed by atoms with E-state index in [0.29, 0.717) is 6.04 Å². The molecule has 1 rings (SSSR count). The smallest absolute Gasteiger partial charge is 0.0617 e. The maximum Gasteiger partial charge on any atom is 0.0617 e. The third-order valence-corrected chi connectivity index (χ3v) is 1.11. The van der Waals surface area contributed by atoms with Gasteiger partial charge in [0.25, 0.3) is 0 Å². The Morgan fingerprint density at radius 1 is 1.18 bits per heavy atom. The summed E-state index contributed by atoms with van der Waals surface area (Å²) in [6.45, 7) is 12.9. The molecule has 0 spiro atoms. The van der Waals surface area contributed by atoms with E-state index < -0.39 is 0 Å². The van der Waals surface area contributed by atoms with Crippen LogP contribution in [0.2, 0.25) is 0 Å². The number of rotatable bonds is 0. The fraction of sp³-hybridized carbons (Fsp3) is 1.00. The van der Waals surface area contributed by atoms with Crippen molar-refractivity contribution in [3.63, 3.8) is 0 Å². The molecule has 1 atom stereocenters. The zero-order chi connectivity index (χ0) is 9.11. The van der Waals surface area contributed by atoms with Crippen LogP contribution >= 0.6 is 0 Å². The minimum absolute atomic E-state index is 0.564. The summed E-state index contributed by atoms with van der Waals surface area (Å²) >= 11 is 0. The molecule has 1 N–H and O–H groups in total. The van der Waals surface area contributed by atoms with Gasteiger partial charge in [0.1, 0.15) is 0 Å². The third kappa shape index (κ3) is 9.92. The molecular weight excluding hydrogens is 138 g/mol. The molecule has 1 saturated heterocycles. The summed E-state index contributed by atoms with van der Waals surface area (Å²) in [5.74, 6) is 0. The maximum atomic E-state index is 5.12. The van der Waals surface area contributed by atoms with Crippen LogP contribution in [0.25, 0.3) is 0 Å². The average molecular weight is 161 g/mol. The molecule has 70 valence electrons. The highest BCUT2D eigenvalue weighted by Crippen LogP contribution is 1.88. The SMILES string of the molecule is CC.CC.C[C@H]1COCCN1. The van der Waals surface area contributed by atoms with Crippen molar-refractivity contribution in [1.29, 1.82) is 0 Å². The Morgan fingerprint density at radius 2 is 1.73 bits per heavy atom. The zero-order valence-corrected chi connectivity index (χ0v) is 8.61. The van der Waals surface area contributed by atoms with Gasteiger partial charge in [0.05, 0.1) is 13.2 Å². The van der Waals surface area contributed by atoms with Crippen molar-refractivity contribution in [2.45, 2.75) is 40.7 Å². The maximum absolute atomic E-state index is 5.12. The van der Waals surface area contributed by atoms with E-state index in [9.17, 15) is 0 Å². The lowest BCUT2D eigenvalue weighted by Gasteiger charge is -2.19. The van der Waals surface area contributed by atoms with Crippen LogP contribution in [0.5, 0.6) is 0 Å². The molecule has 2 nitrogen and oxygen atoms in total. The van der Waals surface area contributed by atoms with Crippen molar-refractivity contribution in [3.05, 3.63) is 0 Å². The third-order valence-electron chi connectivity index (χ3n) is 1.11. The molecule has 0 bridgehead atoms. The van der Waals surface area contributed by atoms with Gasteiger partial charge < -0.3 is 10.1 Å². The van der Waals surface area contributed by atoms with E-state index in [0.717, 1.165) is 19.8 Å². The van der Waals surface area contributed by atoms with Crippen molar-refractivity contribution in [2.24, 2.45) is 0 Å². The van der Waals surface area contributed by atoms with E-state index in [-0.39, 0.29) is 0 Å². The topological polar surface area (TPSA) is 21.3 Å². The van der Waals surface area contributed by atoms with E-state index in [2.05, 4.69) is 12.2 Å². The molecule has 11 heavy (non-hydrogen) atoms. The highest BCUT2D eigenvalue weighted by molar-refractivity contribution is 4.62. The summed E-state index contributed by atoms with van der Waals surface area (Å²) in [5, 5.41) is 3.26. The average Bonchev–Trinajstić information content (AvgIpc) is 2.13. The van der Waals surface area contributed by atoms with Gasteiger partial charge in [-0.3, -0.25) is 0 Å². The minimum Gasteiger partial charge on any atom is -0.379 e. The van der Waals surface area contributed by atoms with E-state index in [1.54, 1.807) is 0 Å². The molecule has 0 radical (unpaired) electrons. The summed E-state index contributed by atoms with van der Waals surface area (Å²) in [4.78, 5) is 0. The molecule has 1 fully saturated rings. The molecule has 1 aliphatic rings. The highest BCUT2D eigenvalue weighted by Gasteiger charge is 2.04.